The Morgan fingerprint density at radius 2 is 1.15 bits per heavy atom. The molecular formula is C35H19IrNOPSe2-. The average Bonchev–Trinajstić information content (AvgIpc) is 2.99. The number of hydrogen-bond acceptors (Lipinski definition) is 2. The fourth-order valence-electron chi connectivity index (χ4n) is 6.00. The van der Waals surface area contributed by atoms with Crippen LogP contribution in [-0.4, -0.2) is 34.9 Å². The predicted octanol–water partition coefficient (Wildman–Crippen LogP) is 3.58. The summed E-state index contributed by atoms with van der Waals surface area (Å²) in [6.45, 7) is 0. The molecule has 1 aromatic heterocycles. The summed E-state index contributed by atoms with van der Waals surface area (Å²) in [5, 5.41) is 8.94. The van der Waals surface area contributed by atoms with Gasteiger partial charge in [-0.1, -0.05) is 0 Å². The summed E-state index contributed by atoms with van der Waals surface area (Å²) in [6.07, 6.45) is 0. The molecule has 2 aliphatic rings. The van der Waals surface area contributed by atoms with Gasteiger partial charge in [-0.3, -0.25) is 0 Å². The number of fused-ring (bicyclic) bond motifs is 7. The van der Waals surface area contributed by atoms with Crippen molar-refractivity contribution in [3.8, 4) is 11.3 Å². The monoisotopic (exact) mass is 853 g/mol. The van der Waals surface area contributed by atoms with E-state index in [0.717, 1.165) is 53.3 Å². The van der Waals surface area contributed by atoms with Crippen LogP contribution < -0.4 is 33.8 Å². The van der Waals surface area contributed by atoms with Gasteiger partial charge in [-0.05, 0) is 0 Å². The van der Waals surface area contributed by atoms with E-state index in [-0.39, 0.29) is 50.0 Å². The molecule has 9 rings (SSSR count). The van der Waals surface area contributed by atoms with Gasteiger partial charge >= 0.3 is 245 Å². The maximum Gasteiger partial charge on any atom is 0 e. The molecule has 1 radical (unpaired) electrons. The molecule has 0 aliphatic carbocycles. The number of pyridine rings is 1. The Balaban J connectivity index is 0.00000256. The molecule has 0 amide bonds. The standard InChI is InChI=1S/C35H19NOPSe2.Ir/c37-38-29-15-22-8-1-3-10-24(22)17-31(29)39-33-19-26(28-14-13-21-7-5-6-12-27(21)36-28)20-34(35(33)38)40-32-18-25-11-4-2-9-23(25)16-30(32)38;/h1-19H;/q-1;. The number of hydrogen-bond donors (Lipinski definition) is 0. The summed E-state index contributed by atoms with van der Waals surface area (Å²) in [5.41, 5.74) is 2.91. The third kappa shape index (κ3) is 3.86. The first-order valence-corrected chi connectivity index (χ1v) is 18.3. The summed E-state index contributed by atoms with van der Waals surface area (Å²) < 4.78 is 20.6. The Labute approximate surface area is 263 Å². The largest absolute Gasteiger partial charge is 0 e. The van der Waals surface area contributed by atoms with Gasteiger partial charge in [-0.25, -0.2) is 0 Å². The van der Waals surface area contributed by atoms with Crippen molar-refractivity contribution in [3.05, 3.63) is 121 Å². The molecule has 0 saturated carbocycles. The fraction of sp³-hybridized carbons (Fsp3) is 0. The van der Waals surface area contributed by atoms with Crippen LogP contribution in [0.5, 0.6) is 0 Å². The van der Waals surface area contributed by atoms with Gasteiger partial charge in [0.15, 0.2) is 0 Å². The van der Waals surface area contributed by atoms with E-state index in [1.165, 1.54) is 24.2 Å². The summed E-state index contributed by atoms with van der Waals surface area (Å²) >= 11 is 0.0249. The molecule has 2 aliphatic heterocycles. The maximum atomic E-state index is 15.8. The first-order valence-electron chi connectivity index (χ1n) is 13.1. The molecule has 0 bridgehead atoms. The summed E-state index contributed by atoms with van der Waals surface area (Å²) in [4.78, 5) is 5.01. The molecule has 0 fully saturated rings. The summed E-state index contributed by atoms with van der Waals surface area (Å²) in [7, 11) is -3.09. The zero-order chi connectivity index (χ0) is 26.4. The Morgan fingerprint density at radius 3 is 1.80 bits per heavy atom. The van der Waals surface area contributed by atoms with Gasteiger partial charge in [0.2, 0.25) is 0 Å². The zero-order valence-electron chi connectivity index (χ0n) is 21.4. The van der Waals surface area contributed by atoms with E-state index in [0.29, 0.717) is 0 Å². The van der Waals surface area contributed by atoms with Crippen LogP contribution in [0.4, 0.5) is 0 Å². The van der Waals surface area contributed by atoms with Gasteiger partial charge in [-0.15, -0.1) is 0 Å². The Kier molecular flexibility index (Phi) is 6.05. The minimum atomic E-state index is -3.09. The molecule has 1 atom stereocenters. The molecule has 7 aromatic rings. The zero-order valence-corrected chi connectivity index (χ0v) is 28.1. The fourth-order valence-corrected chi connectivity index (χ4v) is 17.3. The number of benzene rings is 6. The number of para-hydroxylation sites is 1. The molecular weight excluding hydrogens is 832 g/mol. The molecule has 0 saturated heterocycles. The normalized spacial score (nSPS) is 16.6. The van der Waals surface area contributed by atoms with Gasteiger partial charge in [0, 0.05) is 20.1 Å². The van der Waals surface area contributed by atoms with E-state index in [9.17, 15) is 0 Å². The molecule has 0 N–H and O–H groups in total. The second-order valence-corrected chi connectivity index (χ2v) is 17.4. The average molecular weight is 851 g/mol. The van der Waals surface area contributed by atoms with Crippen molar-refractivity contribution in [2.45, 2.75) is 0 Å². The molecule has 0 spiro atoms. The van der Waals surface area contributed by atoms with Crippen LogP contribution in [0.25, 0.3) is 43.7 Å². The van der Waals surface area contributed by atoms with Crippen molar-refractivity contribution < 1.29 is 24.7 Å². The van der Waals surface area contributed by atoms with Gasteiger partial charge in [-0.2, -0.15) is 0 Å². The Morgan fingerprint density at radius 1 is 0.585 bits per heavy atom. The van der Waals surface area contributed by atoms with E-state index < -0.39 is 7.14 Å². The summed E-state index contributed by atoms with van der Waals surface area (Å²) in [6, 6.07) is 44.4. The topological polar surface area (TPSA) is 30.0 Å². The van der Waals surface area contributed by atoms with Crippen molar-refractivity contribution >= 4 is 103 Å². The smallest absolute Gasteiger partial charge is 0 e. The molecule has 6 aromatic carbocycles. The van der Waals surface area contributed by atoms with E-state index in [2.05, 4.69) is 109 Å². The van der Waals surface area contributed by atoms with Crippen LogP contribution in [0.2, 0.25) is 0 Å². The Hall–Kier alpha value is -2.83. The van der Waals surface area contributed by atoms with Crippen LogP contribution in [0, 0.1) is 6.07 Å². The molecule has 6 heteroatoms. The SMILES string of the molecule is O=P12c3cc4ccccc4cc3[Se]c3[c-]c(-c4ccc5ccccc5n4)cc(c31)[Se]c1cc3ccccc3cc12.[Ir]. The maximum absolute atomic E-state index is 15.8. The van der Waals surface area contributed by atoms with Crippen LogP contribution in [0.3, 0.4) is 0 Å². The van der Waals surface area contributed by atoms with Crippen LogP contribution in [-0.2, 0) is 24.7 Å². The third-order valence-electron chi connectivity index (χ3n) is 7.93. The first kappa shape index (κ1) is 25.8. The molecule has 1 unspecified atom stereocenters. The van der Waals surface area contributed by atoms with Crippen LogP contribution >= 0.6 is 7.14 Å². The number of nitrogens with zero attached hydrogens (tertiary/aromatic N) is 1. The second-order valence-electron chi connectivity index (χ2n) is 10.3. The van der Waals surface area contributed by atoms with E-state index >= 15 is 4.57 Å². The minimum absolute atomic E-state index is 0. The quantitative estimate of drug-likeness (QED) is 0.144. The van der Waals surface area contributed by atoms with Crippen LogP contribution in [0.15, 0.2) is 115 Å². The van der Waals surface area contributed by atoms with Crippen molar-refractivity contribution in [3.63, 3.8) is 0 Å². The molecule has 3 heterocycles. The van der Waals surface area contributed by atoms with E-state index in [1.54, 1.807) is 0 Å². The van der Waals surface area contributed by atoms with Crippen molar-refractivity contribution in [1.29, 1.82) is 0 Å². The Bertz CT molecular complexity index is 2170. The second kappa shape index (κ2) is 9.60. The third-order valence-corrected chi connectivity index (χ3v) is 17.0. The van der Waals surface area contributed by atoms with E-state index in [1.807, 2.05) is 12.1 Å². The van der Waals surface area contributed by atoms with Gasteiger partial charge in [0.25, 0.3) is 0 Å². The van der Waals surface area contributed by atoms with Crippen molar-refractivity contribution in [2.24, 2.45) is 0 Å². The summed E-state index contributed by atoms with van der Waals surface area (Å²) in [5.74, 6) is 0. The molecule has 41 heavy (non-hydrogen) atoms. The van der Waals surface area contributed by atoms with Gasteiger partial charge in [0.05, 0.1) is 0 Å². The van der Waals surface area contributed by atoms with Crippen molar-refractivity contribution in [1.82, 2.24) is 4.98 Å². The number of aromatic nitrogens is 1. The minimum Gasteiger partial charge on any atom is 0 e. The van der Waals surface area contributed by atoms with E-state index in [4.69, 9.17) is 4.98 Å². The number of rotatable bonds is 1. The first-order chi connectivity index (χ1) is 19.6. The van der Waals surface area contributed by atoms with Gasteiger partial charge < -0.3 is 0 Å². The van der Waals surface area contributed by atoms with Crippen molar-refractivity contribution in [2.75, 3.05) is 0 Å². The molecule has 2 nitrogen and oxygen atoms in total. The molecule has 197 valence electrons. The van der Waals surface area contributed by atoms with Crippen LogP contribution in [0.1, 0.15) is 0 Å². The van der Waals surface area contributed by atoms with Gasteiger partial charge in [0.1, 0.15) is 0 Å². The predicted molar refractivity (Wildman–Crippen MR) is 170 cm³/mol.